The van der Waals surface area contributed by atoms with Crippen molar-refractivity contribution in [1.29, 1.82) is 0 Å². The second kappa shape index (κ2) is 3.61. The Morgan fingerprint density at radius 2 is 2.25 bits per heavy atom. The van der Waals surface area contributed by atoms with Gasteiger partial charge in [-0.3, -0.25) is 0 Å². The number of nitrogens with two attached hydrogens (primary N) is 1. The number of carboxylic acids is 1. The van der Waals surface area contributed by atoms with Gasteiger partial charge < -0.3 is 10.8 Å². The summed E-state index contributed by atoms with van der Waals surface area (Å²) in [6.07, 6.45) is 0. The van der Waals surface area contributed by atoms with Gasteiger partial charge in [-0.25, -0.2) is 9.48 Å². The highest BCUT2D eigenvalue weighted by atomic mass is 16.4. The zero-order valence-electron chi connectivity index (χ0n) is 8.45. The van der Waals surface area contributed by atoms with Gasteiger partial charge in [0.1, 0.15) is 0 Å². The Kier molecular flexibility index (Phi) is 2.28. The van der Waals surface area contributed by atoms with Crippen molar-refractivity contribution in [2.45, 2.75) is 0 Å². The molecule has 7 heteroatoms. The standard InChI is InChI=1S/C9H9N5O2/c1-14-8(11-12-13-14)5-2-3-6(9(15)16)7(10)4-5/h2-4H,10H2,1H3,(H,15,16). The minimum absolute atomic E-state index is 0.0684. The molecule has 3 N–H and O–H groups in total. The topological polar surface area (TPSA) is 107 Å². The molecule has 0 saturated carbocycles. The van der Waals surface area contributed by atoms with E-state index in [1.807, 2.05) is 0 Å². The lowest BCUT2D eigenvalue weighted by Crippen LogP contribution is -2.03. The number of nitrogen functional groups attached to an aromatic ring is 1. The summed E-state index contributed by atoms with van der Waals surface area (Å²) in [5.41, 5.74) is 6.55. The first-order valence-electron chi connectivity index (χ1n) is 4.45. The van der Waals surface area contributed by atoms with Crippen molar-refractivity contribution in [2.24, 2.45) is 7.05 Å². The Bertz CT molecular complexity index is 549. The van der Waals surface area contributed by atoms with Crippen molar-refractivity contribution in [3.8, 4) is 11.4 Å². The van der Waals surface area contributed by atoms with E-state index in [4.69, 9.17) is 10.8 Å². The summed E-state index contributed by atoms with van der Waals surface area (Å²) in [6, 6.07) is 4.59. The minimum atomic E-state index is -1.06. The van der Waals surface area contributed by atoms with Gasteiger partial charge in [-0.2, -0.15) is 0 Å². The predicted molar refractivity (Wildman–Crippen MR) is 55.6 cm³/mol. The van der Waals surface area contributed by atoms with Crippen LogP contribution in [0.2, 0.25) is 0 Å². The first-order chi connectivity index (χ1) is 7.59. The molecule has 1 heterocycles. The van der Waals surface area contributed by atoms with E-state index in [1.54, 1.807) is 13.1 Å². The van der Waals surface area contributed by atoms with Crippen molar-refractivity contribution in [1.82, 2.24) is 20.2 Å². The summed E-state index contributed by atoms with van der Waals surface area (Å²) in [5.74, 6) is -0.524. The number of anilines is 1. The maximum atomic E-state index is 10.8. The van der Waals surface area contributed by atoms with E-state index in [9.17, 15) is 4.79 Å². The summed E-state index contributed by atoms with van der Waals surface area (Å²) < 4.78 is 1.48. The molecule has 16 heavy (non-hydrogen) atoms. The van der Waals surface area contributed by atoms with Gasteiger partial charge in [0.05, 0.1) is 5.56 Å². The molecule has 0 unspecified atom stereocenters. The maximum Gasteiger partial charge on any atom is 0.337 e. The fraction of sp³-hybridized carbons (Fsp3) is 0.111. The van der Waals surface area contributed by atoms with E-state index < -0.39 is 5.97 Å². The first kappa shape index (κ1) is 10.1. The molecule has 2 rings (SSSR count). The molecule has 0 amide bonds. The molecule has 0 saturated heterocycles. The molecule has 0 aliphatic heterocycles. The number of hydrogen-bond acceptors (Lipinski definition) is 5. The number of rotatable bonds is 2. The van der Waals surface area contributed by atoms with Crippen LogP contribution < -0.4 is 5.73 Å². The molecule has 82 valence electrons. The summed E-state index contributed by atoms with van der Waals surface area (Å²) in [6.45, 7) is 0. The van der Waals surface area contributed by atoms with Gasteiger partial charge in [-0.05, 0) is 22.6 Å². The second-order valence-corrected chi connectivity index (χ2v) is 3.23. The molecule has 0 aliphatic carbocycles. The smallest absolute Gasteiger partial charge is 0.337 e. The van der Waals surface area contributed by atoms with Crippen molar-refractivity contribution in [3.05, 3.63) is 23.8 Å². The largest absolute Gasteiger partial charge is 0.478 e. The Morgan fingerprint density at radius 3 is 2.75 bits per heavy atom. The van der Waals surface area contributed by atoms with Crippen LogP contribution in [-0.2, 0) is 7.05 Å². The normalized spacial score (nSPS) is 10.3. The number of tetrazole rings is 1. The molecule has 0 atom stereocenters. The number of benzene rings is 1. The Morgan fingerprint density at radius 1 is 1.50 bits per heavy atom. The Balaban J connectivity index is 2.50. The summed E-state index contributed by atoms with van der Waals surface area (Å²) in [5, 5.41) is 19.8. The molecule has 0 fully saturated rings. The van der Waals surface area contributed by atoms with Crippen molar-refractivity contribution in [3.63, 3.8) is 0 Å². The van der Waals surface area contributed by atoms with Gasteiger partial charge in [-0.15, -0.1) is 5.10 Å². The predicted octanol–water partition coefficient (Wildman–Crippen LogP) is 0.157. The SMILES string of the molecule is Cn1nnnc1-c1ccc(C(=O)O)c(N)c1. The number of nitrogens with zero attached hydrogens (tertiary/aromatic N) is 4. The van der Waals surface area contributed by atoms with E-state index in [1.165, 1.54) is 16.8 Å². The zero-order valence-corrected chi connectivity index (χ0v) is 8.45. The molecule has 0 spiro atoms. The van der Waals surface area contributed by atoms with Gasteiger partial charge in [-0.1, -0.05) is 6.07 Å². The lowest BCUT2D eigenvalue weighted by Gasteiger charge is -2.03. The van der Waals surface area contributed by atoms with E-state index in [2.05, 4.69) is 15.5 Å². The molecule has 2 aromatic rings. The van der Waals surface area contributed by atoms with Crippen LogP contribution in [0.1, 0.15) is 10.4 Å². The highest BCUT2D eigenvalue weighted by molar-refractivity contribution is 5.94. The van der Waals surface area contributed by atoms with Crippen LogP contribution in [0.5, 0.6) is 0 Å². The van der Waals surface area contributed by atoms with Gasteiger partial charge >= 0.3 is 5.97 Å². The summed E-state index contributed by atoms with van der Waals surface area (Å²) in [7, 11) is 1.69. The van der Waals surface area contributed by atoms with Crippen LogP contribution in [-0.4, -0.2) is 31.3 Å². The monoisotopic (exact) mass is 219 g/mol. The number of aromatic nitrogens is 4. The van der Waals surface area contributed by atoms with Crippen LogP contribution >= 0.6 is 0 Å². The maximum absolute atomic E-state index is 10.8. The van der Waals surface area contributed by atoms with Gasteiger partial charge in [0.2, 0.25) is 0 Å². The van der Waals surface area contributed by atoms with E-state index in [0.717, 1.165) is 0 Å². The molecular formula is C9H9N5O2. The fourth-order valence-corrected chi connectivity index (χ4v) is 1.37. The summed E-state index contributed by atoms with van der Waals surface area (Å²) in [4.78, 5) is 10.8. The third-order valence-electron chi connectivity index (χ3n) is 2.16. The summed E-state index contributed by atoms with van der Waals surface area (Å²) >= 11 is 0. The Hall–Kier alpha value is -2.44. The highest BCUT2D eigenvalue weighted by Crippen LogP contribution is 2.21. The van der Waals surface area contributed by atoms with Crippen LogP contribution in [0.15, 0.2) is 18.2 Å². The van der Waals surface area contributed by atoms with Crippen LogP contribution in [0.25, 0.3) is 11.4 Å². The number of aromatic carboxylic acids is 1. The van der Waals surface area contributed by atoms with Crippen molar-refractivity contribution in [2.75, 3.05) is 5.73 Å². The van der Waals surface area contributed by atoms with E-state index >= 15 is 0 Å². The molecule has 1 aromatic heterocycles. The van der Waals surface area contributed by atoms with E-state index in [-0.39, 0.29) is 11.3 Å². The second-order valence-electron chi connectivity index (χ2n) is 3.23. The zero-order chi connectivity index (χ0) is 11.7. The highest BCUT2D eigenvalue weighted by Gasteiger charge is 2.11. The number of carboxylic acid groups (broad SMARTS) is 1. The van der Waals surface area contributed by atoms with Crippen LogP contribution in [0.3, 0.4) is 0 Å². The molecule has 0 radical (unpaired) electrons. The van der Waals surface area contributed by atoms with E-state index in [0.29, 0.717) is 11.4 Å². The van der Waals surface area contributed by atoms with Crippen LogP contribution in [0.4, 0.5) is 5.69 Å². The van der Waals surface area contributed by atoms with Gasteiger partial charge in [0, 0.05) is 18.3 Å². The number of carbonyl (C=O) groups is 1. The lowest BCUT2D eigenvalue weighted by molar-refractivity contribution is 0.0698. The average molecular weight is 219 g/mol. The minimum Gasteiger partial charge on any atom is -0.478 e. The van der Waals surface area contributed by atoms with Gasteiger partial charge in [0.25, 0.3) is 0 Å². The third-order valence-corrected chi connectivity index (χ3v) is 2.16. The number of hydrogen-bond donors (Lipinski definition) is 2. The number of aryl methyl sites for hydroxylation is 1. The fourth-order valence-electron chi connectivity index (χ4n) is 1.37. The molecule has 7 nitrogen and oxygen atoms in total. The van der Waals surface area contributed by atoms with Crippen molar-refractivity contribution < 1.29 is 9.90 Å². The molecule has 0 bridgehead atoms. The Labute approximate surface area is 90.5 Å². The molecule has 0 aliphatic rings. The molecule has 1 aromatic carbocycles. The third kappa shape index (κ3) is 1.58. The van der Waals surface area contributed by atoms with Crippen LogP contribution in [0, 0.1) is 0 Å². The lowest BCUT2D eigenvalue weighted by atomic mass is 10.1. The molecular weight excluding hydrogens is 210 g/mol. The average Bonchev–Trinajstić information content (AvgIpc) is 2.63. The van der Waals surface area contributed by atoms with Crippen molar-refractivity contribution >= 4 is 11.7 Å². The quantitative estimate of drug-likeness (QED) is 0.696. The van der Waals surface area contributed by atoms with Gasteiger partial charge in [0.15, 0.2) is 5.82 Å². The first-order valence-corrected chi connectivity index (χ1v) is 4.45.